The monoisotopic (exact) mass is 366 g/mol. The van der Waals surface area contributed by atoms with Gasteiger partial charge in [-0.1, -0.05) is 18.2 Å². The van der Waals surface area contributed by atoms with Gasteiger partial charge >= 0.3 is 0 Å². The van der Waals surface area contributed by atoms with Crippen LogP contribution in [0.3, 0.4) is 0 Å². The second kappa shape index (κ2) is 7.66. The van der Waals surface area contributed by atoms with Crippen molar-refractivity contribution < 1.29 is 4.79 Å². The van der Waals surface area contributed by atoms with Crippen LogP contribution < -0.4 is 4.90 Å². The highest BCUT2D eigenvalue weighted by Crippen LogP contribution is 2.26. The third kappa shape index (κ3) is 3.75. The van der Waals surface area contributed by atoms with Gasteiger partial charge in [0, 0.05) is 43.2 Å². The van der Waals surface area contributed by atoms with E-state index in [0.29, 0.717) is 5.56 Å². The van der Waals surface area contributed by atoms with Crippen molar-refractivity contribution in [3.63, 3.8) is 0 Å². The summed E-state index contributed by atoms with van der Waals surface area (Å²) in [6.07, 6.45) is 1.56. The van der Waals surface area contributed by atoms with Crippen LogP contribution in [0.1, 0.15) is 28.2 Å². The predicted octanol–water partition coefficient (Wildman–Crippen LogP) is 4.10. The van der Waals surface area contributed by atoms with Gasteiger partial charge in [-0.3, -0.25) is 4.79 Å². The molecule has 3 aromatic rings. The summed E-state index contributed by atoms with van der Waals surface area (Å²) in [6.45, 7) is 2.04. The number of rotatable bonds is 5. The molecule has 0 aliphatic heterocycles. The maximum Gasteiger partial charge on any atom is 0.254 e. The zero-order valence-electron chi connectivity index (χ0n) is 15.4. The first-order chi connectivity index (χ1) is 12.5. The number of anilines is 1. The predicted molar refractivity (Wildman–Crippen MR) is 107 cm³/mol. The summed E-state index contributed by atoms with van der Waals surface area (Å²) in [4.78, 5) is 26.2. The van der Waals surface area contributed by atoms with Gasteiger partial charge in [0.25, 0.3) is 5.91 Å². The molecule has 0 N–H and O–H groups in total. The molecule has 26 heavy (non-hydrogen) atoms. The van der Waals surface area contributed by atoms with E-state index >= 15 is 0 Å². The molecule has 134 valence electrons. The highest BCUT2D eigenvalue weighted by Gasteiger charge is 2.19. The maximum absolute atomic E-state index is 12.8. The molecule has 0 saturated carbocycles. The van der Waals surface area contributed by atoms with Gasteiger partial charge in [-0.25, -0.2) is 9.97 Å². The Morgan fingerprint density at radius 1 is 1.08 bits per heavy atom. The largest absolute Gasteiger partial charge is 0.363 e. The van der Waals surface area contributed by atoms with E-state index in [0.717, 1.165) is 17.1 Å². The topological polar surface area (TPSA) is 49.3 Å². The number of nitrogens with zero attached hydrogens (tertiary/aromatic N) is 4. The lowest BCUT2D eigenvalue weighted by Gasteiger charge is -2.24. The normalized spacial score (nSPS) is 11.8. The van der Waals surface area contributed by atoms with Crippen molar-refractivity contribution in [3.8, 4) is 11.3 Å². The molecular weight excluding hydrogens is 344 g/mol. The van der Waals surface area contributed by atoms with Gasteiger partial charge < -0.3 is 9.80 Å². The number of benzene rings is 1. The van der Waals surface area contributed by atoms with E-state index in [-0.39, 0.29) is 11.9 Å². The zero-order chi connectivity index (χ0) is 18.7. The van der Waals surface area contributed by atoms with Crippen molar-refractivity contribution >= 4 is 23.1 Å². The molecule has 0 fully saturated rings. The molecule has 0 bridgehead atoms. The second-order valence-corrected chi connectivity index (χ2v) is 7.32. The fourth-order valence-electron chi connectivity index (χ4n) is 2.63. The van der Waals surface area contributed by atoms with Crippen LogP contribution in [0.2, 0.25) is 0 Å². The van der Waals surface area contributed by atoms with Crippen LogP contribution in [0.15, 0.2) is 54.2 Å². The quantitative estimate of drug-likeness (QED) is 0.682. The minimum atomic E-state index is 0.00844. The zero-order valence-corrected chi connectivity index (χ0v) is 16.2. The summed E-state index contributed by atoms with van der Waals surface area (Å²) < 4.78 is 0. The Morgan fingerprint density at radius 2 is 1.81 bits per heavy atom. The Balaban J connectivity index is 1.79. The molecule has 0 aliphatic rings. The van der Waals surface area contributed by atoms with Crippen molar-refractivity contribution in [2.24, 2.45) is 0 Å². The molecule has 0 radical (unpaired) electrons. The first kappa shape index (κ1) is 18.1. The Kier molecular flexibility index (Phi) is 5.32. The van der Waals surface area contributed by atoms with Gasteiger partial charge in [-0.2, -0.15) is 0 Å². The van der Waals surface area contributed by atoms with Crippen LogP contribution in [0.25, 0.3) is 11.3 Å². The SMILES string of the molecule is CC(c1cccs1)N(C)C(=O)c1ccc(-c2cc(N(C)C)ncn2)cc1. The molecule has 0 aliphatic carbocycles. The van der Waals surface area contributed by atoms with E-state index in [1.807, 2.05) is 74.7 Å². The van der Waals surface area contributed by atoms with E-state index in [2.05, 4.69) is 16.0 Å². The summed E-state index contributed by atoms with van der Waals surface area (Å²) in [5.74, 6) is 0.855. The Bertz CT molecular complexity index is 875. The number of hydrogen-bond acceptors (Lipinski definition) is 5. The highest BCUT2D eigenvalue weighted by molar-refractivity contribution is 7.10. The number of amides is 1. The van der Waals surface area contributed by atoms with Crippen LogP contribution in [0.4, 0.5) is 5.82 Å². The average Bonchev–Trinajstić information content (AvgIpc) is 3.21. The molecule has 3 rings (SSSR count). The van der Waals surface area contributed by atoms with E-state index in [4.69, 9.17) is 0 Å². The van der Waals surface area contributed by atoms with Crippen LogP contribution in [0.5, 0.6) is 0 Å². The Labute approximate surface area is 157 Å². The van der Waals surface area contributed by atoms with E-state index in [9.17, 15) is 4.79 Å². The molecule has 2 heterocycles. The third-order valence-corrected chi connectivity index (χ3v) is 5.44. The highest BCUT2D eigenvalue weighted by atomic mass is 32.1. The Hall–Kier alpha value is -2.73. The first-order valence-corrected chi connectivity index (χ1v) is 9.25. The molecule has 5 nitrogen and oxygen atoms in total. The van der Waals surface area contributed by atoms with E-state index < -0.39 is 0 Å². The summed E-state index contributed by atoms with van der Waals surface area (Å²) in [7, 11) is 5.73. The van der Waals surface area contributed by atoms with Gasteiger partial charge in [0.2, 0.25) is 0 Å². The molecule has 1 unspecified atom stereocenters. The number of carbonyl (C=O) groups excluding carboxylic acids is 1. The summed E-state index contributed by atoms with van der Waals surface area (Å²) in [5, 5.41) is 2.03. The van der Waals surface area contributed by atoms with Crippen molar-refractivity contribution in [3.05, 3.63) is 64.6 Å². The number of thiophene rings is 1. The number of hydrogen-bond donors (Lipinski definition) is 0. The first-order valence-electron chi connectivity index (χ1n) is 8.37. The van der Waals surface area contributed by atoms with Crippen LogP contribution in [-0.2, 0) is 0 Å². The van der Waals surface area contributed by atoms with Gasteiger partial charge in [-0.15, -0.1) is 11.3 Å². The van der Waals surface area contributed by atoms with E-state index in [1.165, 1.54) is 4.88 Å². The van der Waals surface area contributed by atoms with Crippen molar-refractivity contribution in [2.45, 2.75) is 13.0 Å². The molecule has 2 aromatic heterocycles. The maximum atomic E-state index is 12.8. The second-order valence-electron chi connectivity index (χ2n) is 6.34. The minimum Gasteiger partial charge on any atom is -0.363 e. The third-order valence-electron chi connectivity index (χ3n) is 4.39. The van der Waals surface area contributed by atoms with Gasteiger partial charge in [0.1, 0.15) is 12.1 Å². The molecular formula is C20H22N4OS. The van der Waals surface area contributed by atoms with Crippen LogP contribution >= 0.6 is 11.3 Å². The minimum absolute atomic E-state index is 0.00844. The summed E-state index contributed by atoms with van der Waals surface area (Å²) >= 11 is 1.66. The fraction of sp³-hybridized carbons (Fsp3) is 0.250. The standard InChI is InChI=1S/C20H22N4OS/c1-14(18-6-5-11-26-18)24(4)20(25)16-9-7-15(8-10-16)17-12-19(23(2)3)22-13-21-17/h5-14H,1-4H3. The van der Waals surface area contributed by atoms with E-state index in [1.54, 1.807) is 22.6 Å². The Morgan fingerprint density at radius 3 is 2.42 bits per heavy atom. The van der Waals surface area contributed by atoms with Gasteiger partial charge in [-0.05, 0) is 30.5 Å². The van der Waals surface area contributed by atoms with Crippen LogP contribution in [-0.4, -0.2) is 41.9 Å². The summed E-state index contributed by atoms with van der Waals surface area (Å²) in [6, 6.07) is 13.6. The van der Waals surface area contributed by atoms with Gasteiger partial charge in [0.05, 0.1) is 11.7 Å². The molecule has 1 atom stereocenters. The molecule has 0 saturated heterocycles. The lowest BCUT2D eigenvalue weighted by atomic mass is 10.1. The molecule has 0 spiro atoms. The molecule has 1 amide bonds. The number of aromatic nitrogens is 2. The van der Waals surface area contributed by atoms with Gasteiger partial charge in [0.15, 0.2) is 0 Å². The average molecular weight is 366 g/mol. The number of carbonyl (C=O) groups is 1. The lowest BCUT2D eigenvalue weighted by Crippen LogP contribution is -2.29. The molecule has 6 heteroatoms. The lowest BCUT2D eigenvalue weighted by molar-refractivity contribution is 0.0745. The van der Waals surface area contributed by atoms with Crippen LogP contribution in [0, 0.1) is 0 Å². The fourth-order valence-corrected chi connectivity index (χ4v) is 3.46. The van der Waals surface area contributed by atoms with Crippen molar-refractivity contribution in [2.75, 3.05) is 26.0 Å². The van der Waals surface area contributed by atoms with Crippen molar-refractivity contribution in [1.29, 1.82) is 0 Å². The molecule has 1 aromatic carbocycles. The van der Waals surface area contributed by atoms with Crippen molar-refractivity contribution in [1.82, 2.24) is 14.9 Å². The smallest absolute Gasteiger partial charge is 0.254 e. The summed E-state index contributed by atoms with van der Waals surface area (Å²) in [5.41, 5.74) is 2.46.